The summed E-state index contributed by atoms with van der Waals surface area (Å²) in [5, 5.41) is 32.9. The molecule has 27 heavy (non-hydrogen) atoms. The van der Waals surface area contributed by atoms with Crippen molar-refractivity contribution in [1.82, 2.24) is 0 Å². The first kappa shape index (κ1) is 19.4. The van der Waals surface area contributed by atoms with Crippen LogP contribution in [-0.2, 0) is 20.9 Å². The summed E-state index contributed by atoms with van der Waals surface area (Å²) < 4.78 is 10.6. The number of hydrogen-bond donors (Lipinski definition) is 3. The van der Waals surface area contributed by atoms with Crippen molar-refractivity contribution in [2.75, 3.05) is 6.61 Å². The zero-order chi connectivity index (χ0) is 19.4. The lowest BCUT2D eigenvalue weighted by Gasteiger charge is -2.34. The lowest BCUT2D eigenvalue weighted by Crippen LogP contribution is -2.49. The maximum absolute atomic E-state index is 12.1. The number of carbonyl (C=O) groups is 1. The van der Waals surface area contributed by atoms with Gasteiger partial charge in [-0.15, -0.1) is 0 Å². The summed E-state index contributed by atoms with van der Waals surface area (Å²) in [5.41, 5.74) is -1.16. The van der Waals surface area contributed by atoms with E-state index >= 15 is 0 Å². The van der Waals surface area contributed by atoms with Crippen molar-refractivity contribution in [3.63, 3.8) is 0 Å². The topological polar surface area (TPSA) is 96.2 Å². The van der Waals surface area contributed by atoms with E-state index in [9.17, 15) is 20.1 Å². The van der Waals surface area contributed by atoms with Gasteiger partial charge in [-0.1, -0.05) is 43.3 Å². The minimum Gasteiger partial charge on any atom is -0.491 e. The van der Waals surface area contributed by atoms with Crippen LogP contribution in [0.25, 0.3) is 10.8 Å². The van der Waals surface area contributed by atoms with Gasteiger partial charge in [-0.3, -0.25) is 0 Å². The average Bonchev–Trinajstić information content (AvgIpc) is 2.67. The predicted molar refractivity (Wildman–Crippen MR) is 99.7 cm³/mol. The number of aliphatic hydroxyl groups is 3. The smallest absolute Gasteiger partial charge is 0.342 e. The lowest BCUT2D eigenvalue weighted by molar-refractivity contribution is -0.167. The maximum atomic E-state index is 12.1. The van der Waals surface area contributed by atoms with Crippen molar-refractivity contribution in [3.05, 3.63) is 59.9 Å². The number of aliphatic hydroxyl groups excluding tert-OH is 2. The lowest BCUT2D eigenvalue weighted by atomic mass is 9.86. The Morgan fingerprint density at radius 3 is 2.67 bits per heavy atom. The van der Waals surface area contributed by atoms with Crippen LogP contribution in [0.2, 0.25) is 0 Å². The summed E-state index contributed by atoms with van der Waals surface area (Å²) in [5.74, 6) is -0.903. The Labute approximate surface area is 157 Å². The largest absolute Gasteiger partial charge is 0.491 e. The Balaban J connectivity index is 1.77. The fourth-order valence-corrected chi connectivity index (χ4v) is 3.08. The number of carbonyl (C=O) groups excluding carboxylic acids is 1. The first-order chi connectivity index (χ1) is 12.9. The molecule has 0 aliphatic heterocycles. The van der Waals surface area contributed by atoms with Gasteiger partial charge in [-0.25, -0.2) is 4.79 Å². The van der Waals surface area contributed by atoms with Gasteiger partial charge in [0.25, 0.3) is 0 Å². The monoisotopic (exact) mass is 372 g/mol. The normalized spacial score (nSPS) is 25.1. The molecule has 0 saturated carbocycles. The van der Waals surface area contributed by atoms with Gasteiger partial charge < -0.3 is 24.8 Å². The first-order valence-electron chi connectivity index (χ1n) is 9.02. The van der Waals surface area contributed by atoms with E-state index in [0.717, 1.165) is 22.4 Å². The second-order valence-corrected chi connectivity index (χ2v) is 6.79. The van der Waals surface area contributed by atoms with Gasteiger partial charge in [0.1, 0.15) is 18.5 Å². The molecule has 6 nitrogen and oxygen atoms in total. The molecule has 6 heteroatoms. The van der Waals surface area contributed by atoms with Crippen molar-refractivity contribution in [3.8, 4) is 0 Å². The van der Waals surface area contributed by atoms with Crippen LogP contribution < -0.4 is 0 Å². The third-order valence-corrected chi connectivity index (χ3v) is 4.57. The van der Waals surface area contributed by atoms with E-state index in [2.05, 4.69) is 0 Å². The highest BCUT2D eigenvalue weighted by Gasteiger charge is 2.45. The quantitative estimate of drug-likeness (QED) is 0.672. The van der Waals surface area contributed by atoms with E-state index in [1.165, 1.54) is 0 Å². The fraction of sp³-hybridized carbons (Fsp3) is 0.381. The van der Waals surface area contributed by atoms with Crippen LogP contribution in [0, 0.1) is 0 Å². The van der Waals surface area contributed by atoms with Gasteiger partial charge in [0.15, 0.2) is 5.60 Å². The Morgan fingerprint density at radius 2 is 1.93 bits per heavy atom. The second kappa shape index (κ2) is 8.08. The van der Waals surface area contributed by atoms with Crippen LogP contribution in [-0.4, -0.2) is 45.7 Å². The molecule has 3 rings (SSSR count). The maximum Gasteiger partial charge on any atom is 0.342 e. The Bertz CT molecular complexity index is 845. The van der Waals surface area contributed by atoms with E-state index in [4.69, 9.17) is 9.47 Å². The Hall–Kier alpha value is -2.41. The first-order valence-corrected chi connectivity index (χ1v) is 9.02. The molecule has 0 amide bonds. The predicted octanol–water partition coefficient (Wildman–Crippen LogP) is 2.05. The molecule has 1 aliphatic rings. The molecular weight excluding hydrogens is 348 g/mol. The summed E-state index contributed by atoms with van der Waals surface area (Å²) in [6.45, 7) is 2.13. The van der Waals surface area contributed by atoms with E-state index in [1.807, 2.05) is 49.4 Å². The highest BCUT2D eigenvalue weighted by molar-refractivity contribution is 5.83. The van der Waals surface area contributed by atoms with Crippen LogP contribution in [0.5, 0.6) is 0 Å². The Morgan fingerprint density at radius 1 is 1.19 bits per heavy atom. The van der Waals surface area contributed by atoms with Gasteiger partial charge in [-0.2, -0.15) is 0 Å². The van der Waals surface area contributed by atoms with E-state index in [1.54, 1.807) is 0 Å². The zero-order valence-corrected chi connectivity index (χ0v) is 15.2. The van der Waals surface area contributed by atoms with Crippen LogP contribution in [0.1, 0.15) is 25.3 Å². The summed E-state index contributed by atoms with van der Waals surface area (Å²) in [6, 6.07) is 13.7. The number of fused-ring (bicyclic) bond motifs is 1. The van der Waals surface area contributed by atoms with E-state index in [0.29, 0.717) is 6.42 Å². The molecule has 3 atom stereocenters. The minimum atomic E-state index is -2.02. The molecule has 0 aromatic heterocycles. The summed E-state index contributed by atoms with van der Waals surface area (Å²) in [6.07, 6.45) is -1.24. The second-order valence-electron chi connectivity index (χ2n) is 6.79. The summed E-state index contributed by atoms with van der Waals surface area (Å²) >= 11 is 0. The zero-order valence-electron chi connectivity index (χ0n) is 15.2. The molecule has 0 saturated heterocycles. The molecule has 144 valence electrons. The standard InChI is InChI=1S/C21H24O6/c1-2-9-26-20(24)21(25)11-17(22)19(23)18(12-21)27-13-14-7-8-15-5-3-4-6-16(15)10-14/h3-8,10,12,17,19,22-23,25H,2,9,11,13H2,1H3/t17-,19+,21-/m1/s1. The molecular formula is C21H24O6. The van der Waals surface area contributed by atoms with Crippen LogP contribution in [0.3, 0.4) is 0 Å². The molecule has 0 spiro atoms. The van der Waals surface area contributed by atoms with Crippen LogP contribution in [0.15, 0.2) is 54.3 Å². The van der Waals surface area contributed by atoms with Crippen LogP contribution >= 0.6 is 0 Å². The van der Waals surface area contributed by atoms with Crippen molar-refractivity contribution >= 4 is 16.7 Å². The molecule has 3 N–H and O–H groups in total. The van der Waals surface area contributed by atoms with Crippen molar-refractivity contribution in [2.24, 2.45) is 0 Å². The number of hydrogen-bond acceptors (Lipinski definition) is 6. The average molecular weight is 372 g/mol. The molecule has 0 bridgehead atoms. The third-order valence-electron chi connectivity index (χ3n) is 4.57. The number of benzene rings is 2. The molecule has 0 fully saturated rings. The SMILES string of the molecule is CCCOC(=O)[C@]1(O)C=C(OCc2ccc3ccccc3c2)[C@@H](O)[C@H](O)C1. The molecule has 0 heterocycles. The van der Waals surface area contributed by atoms with Gasteiger partial charge in [0.2, 0.25) is 0 Å². The molecule has 0 unspecified atom stereocenters. The molecule has 0 radical (unpaired) electrons. The molecule has 2 aromatic rings. The number of ether oxygens (including phenoxy) is 2. The molecule has 2 aromatic carbocycles. The fourth-order valence-electron chi connectivity index (χ4n) is 3.08. The highest BCUT2D eigenvalue weighted by Crippen LogP contribution is 2.30. The van der Waals surface area contributed by atoms with E-state index < -0.39 is 23.8 Å². The highest BCUT2D eigenvalue weighted by atomic mass is 16.6. The molecule has 1 aliphatic carbocycles. The van der Waals surface area contributed by atoms with Gasteiger partial charge in [0.05, 0.1) is 12.7 Å². The van der Waals surface area contributed by atoms with Gasteiger partial charge >= 0.3 is 5.97 Å². The van der Waals surface area contributed by atoms with Gasteiger partial charge in [-0.05, 0) is 34.9 Å². The number of esters is 1. The third kappa shape index (κ3) is 4.30. The van der Waals surface area contributed by atoms with Crippen molar-refractivity contribution in [2.45, 2.75) is 44.2 Å². The van der Waals surface area contributed by atoms with Crippen molar-refractivity contribution < 1.29 is 29.6 Å². The van der Waals surface area contributed by atoms with Crippen LogP contribution in [0.4, 0.5) is 0 Å². The number of rotatable bonds is 6. The minimum absolute atomic E-state index is 0.0437. The van der Waals surface area contributed by atoms with E-state index in [-0.39, 0.29) is 25.4 Å². The summed E-state index contributed by atoms with van der Waals surface area (Å²) in [4.78, 5) is 12.1. The Kier molecular flexibility index (Phi) is 5.79. The van der Waals surface area contributed by atoms with Crippen molar-refractivity contribution in [1.29, 1.82) is 0 Å². The van der Waals surface area contributed by atoms with Gasteiger partial charge in [0, 0.05) is 6.42 Å². The summed E-state index contributed by atoms with van der Waals surface area (Å²) in [7, 11) is 0.